The number of hydrogen-bond donors (Lipinski definition) is 1. The van der Waals surface area contributed by atoms with Crippen LogP contribution in [0.15, 0.2) is 108 Å². The van der Waals surface area contributed by atoms with Crippen LogP contribution in [0.2, 0.25) is 0 Å². The smallest absolute Gasteiger partial charge is 0.173 e. The van der Waals surface area contributed by atoms with Gasteiger partial charge in [-0.3, -0.25) is 4.90 Å². The van der Waals surface area contributed by atoms with Crippen LogP contribution in [0.5, 0.6) is 0 Å². The van der Waals surface area contributed by atoms with E-state index in [4.69, 9.17) is 9.15 Å². The Labute approximate surface area is 201 Å². The average Bonchev–Trinajstić information content (AvgIpc) is 3.58. The van der Waals surface area contributed by atoms with E-state index >= 15 is 0 Å². The van der Waals surface area contributed by atoms with Crippen molar-refractivity contribution in [2.24, 2.45) is 0 Å². The normalized spacial score (nSPS) is 16.2. The van der Waals surface area contributed by atoms with Gasteiger partial charge in [0.1, 0.15) is 11.5 Å². The molecule has 1 atom stereocenters. The van der Waals surface area contributed by atoms with Crippen LogP contribution in [0.25, 0.3) is 0 Å². The van der Waals surface area contributed by atoms with Crippen molar-refractivity contribution >= 4 is 0 Å². The number of ether oxygens (including phenoxy) is 1. The van der Waals surface area contributed by atoms with Crippen LogP contribution in [-0.4, -0.2) is 29.3 Å². The second-order valence-electron chi connectivity index (χ2n) is 9.00. The number of benzene rings is 3. The Hall–Kier alpha value is -3.18. The molecule has 2 heterocycles. The van der Waals surface area contributed by atoms with Crippen LogP contribution in [0, 0.1) is 0 Å². The van der Waals surface area contributed by atoms with Gasteiger partial charge in [0.25, 0.3) is 0 Å². The van der Waals surface area contributed by atoms with Crippen LogP contribution in [-0.2, 0) is 23.4 Å². The maximum absolute atomic E-state index is 12.0. The highest BCUT2D eigenvalue weighted by molar-refractivity contribution is 5.43. The van der Waals surface area contributed by atoms with E-state index in [9.17, 15) is 5.11 Å². The van der Waals surface area contributed by atoms with Crippen LogP contribution in [0.3, 0.4) is 0 Å². The molecule has 34 heavy (non-hydrogen) atoms. The lowest BCUT2D eigenvalue weighted by atomic mass is 9.84. The van der Waals surface area contributed by atoms with E-state index in [0.717, 1.165) is 49.4 Å². The van der Waals surface area contributed by atoms with Crippen LogP contribution in [0.4, 0.5) is 0 Å². The first-order valence-corrected chi connectivity index (χ1v) is 12.0. The second-order valence-corrected chi connectivity index (χ2v) is 9.00. The van der Waals surface area contributed by atoms with Gasteiger partial charge in [0, 0.05) is 19.7 Å². The predicted octanol–water partition coefficient (Wildman–Crippen LogP) is 5.75. The van der Waals surface area contributed by atoms with Gasteiger partial charge in [-0.25, -0.2) is 0 Å². The van der Waals surface area contributed by atoms with Crippen LogP contribution < -0.4 is 0 Å². The lowest BCUT2D eigenvalue weighted by Gasteiger charge is -2.28. The third-order valence-corrected chi connectivity index (χ3v) is 6.52. The molecule has 4 nitrogen and oxygen atoms in total. The van der Waals surface area contributed by atoms with Crippen LogP contribution in [0.1, 0.15) is 41.1 Å². The molecule has 1 unspecified atom stereocenters. The van der Waals surface area contributed by atoms with Gasteiger partial charge >= 0.3 is 0 Å². The van der Waals surface area contributed by atoms with E-state index in [1.165, 1.54) is 5.56 Å². The molecule has 1 saturated heterocycles. The minimum atomic E-state index is -1.36. The minimum Gasteiger partial charge on any atom is -0.461 e. The standard InChI is InChI=1S/C30H31NO3/c32-30(25-13-6-2-7-14-25,26-15-8-3-9-16-26)29-19-18-28(34-29)23-31(22-27-17-10-20-33-27)21-24-11-4-1-5-12-24/h1-9,11-16,18-19,27,32H,10,17,20-23H2. The minimum absolute atomic E-state index is 0.253. The average molecular weight is 454 g/mol. The summed E-state index contributed by atoms with van der Waals surface area (Å²) in [6.07, 6.45) is 2.47. The van der Waals surface area contributed by atoms with E-state index < -0.39 is 5.60 Å². The lowest BCUT2D eigenvalue weighted by molar-refractivity contribution is 0.0630. The van der Waals surface area contributed by atoms with Gasteiger partial charge in [0.05, 0.1) is 12.6 Å². The molecule has 0 radical (unpaired) electrons. The van der Waals surface area contributed by atoms with Gasteiger partial charge < -0.3 is 14.3 Å². The first-order chi connectivity index (χ1) is 16.7. The molecular weight excluding hydrogens is 422 g/mol. The Balaban J connectivity index is 1.43. The highest BCUT2D eigenvalue weighted by atomic mass is 16.5. The summed E-state index contributed by atoms with van der Waals surface area (Å²) in [5.41, 5.74) is 1.46. The highest BCUT2D eigenvalue weighted by Crippen LogP contribution is 2.37. The van der Waals surface area contributed by atoms with Gasteiger partial charge in [0.15, 0.2) is 5.60 Å². The van der Waals surface area contributed by atoms with Gasteiger partial charge in [-0.1, -0.05) is 91.0 Å². The number of nitrogens with zero attached hydrogens (tertiary/aromatic N) is 1. The summed E-state index contributed by atoms with van der Waals surface area (Å²) >= 11 is 0. The fourth-order valence-corrected chi connectivity index (χ4v) is 4.79. The summed E-state index contributed by atoms with van der Waals surface area (Å²) in [7, 11) is 0. The van der Waals surface area contributed by atoms with Crippen molar-refractivity contribution in [2.45, 2.75) is 37.6 Å². The van der Waals surface area contributed by atoms with Gasteiger partial charge in [-0.15, -0.1) is 0 Å². The molecule has 5 rings (SSSR count). The van der Waals surface area contributed by atoms with Crippen molar-refractivity contribution in [3.05, 3.63) is 131 Å². The first kappa shape index (κ1) is 22.6. The molecular formula is C30H31NO3. The third-order valence-electron chi connectivity index (χ3n) is 6.52. The Morgan fingerprint density at radius 1 is 0.765 bits per heavy atom. The van der Waals surface area contributed by atoms with Crippen molar-refractivity contribution in [1.82, 2.24) is 4.90 Å². The molecule has 1 aliphatic heterocycles. The predicted molar refractivity (Wildman–Crippen MR) is 133 cm³/mol. The van der Waals surface area contributed by atoms with E-state index in [1.807, 2.05) is 78.9 Å². The maximum Gasteiger partial charge on any atom is 0.173 e. The Morgan fingerprint density at radius 3 is 1.97 bits per heavy atom. The highest BCUT2D eigenvalue weighted by Gasteiger charge is 2.37. The van der Waals surface area contributed by atoms with Gasteiger partial charge in [-0.05, 0) is 41.7 Å². The fourth-order valence-electron chi connectivity index (χ4n) is 4.79. The molecule has 0 amide bonds. The van der Waals surface area contributed by atoms with E-state index in [0.29, 0.717) is 12.3 Å². The van der Waals surface area contributed by atoms with Crippen LogP contribution >= 0.6 is 0 Å². The van der Waals surface area contributed by atoms with Gasteiger partial charge in [0.2, 0.25) is 0 Å². The number of rotatable bonds is 9. The quantitative estimate of drug-likeness (QED) is 0.351. The zero-order chi connectivity index (χ0) is 23.2. The summed E-state index contributed by atoms with van der Waals surface area (Å²) in [6, 6.07) is 33.8. The molecule has 0 aliphatic carbocycles. The van der Waals surface area contributed by atoms with Crippen molar-refractivity contribution in [3.8, 4) is 0 Å². The van der Waals surface area contributed by atoms with Crippen molar-refractivity contribution < 1.29 is 14.3 Å². The van der Waals surface area contributed by atoms with Crippen molar-refractivity contribution in [2.75, 3.05) is 13.2 Å². The second kappa shape index (κ2) is 10.4. The summed E-state index contributed by atoms with van der Waals surface area (Å²) < 4.78 is 12.3. The van der Waals surface area contributed by atoms with E-state index in [2.05, 4.69) is 29.2 Å². The molecule has 3 aromatic carbocycles. The topological polar surface area (TPSA) is 45.8 Å². The number of hydrogen-bond acceptors (Lipinski definition) is 4. The largest absolute Gasteiger partial charge is 0.461 e. The Bertz CT molecular complexity index is 1110. The monoisotopic (exact) mass is 453 g/mol. The zero-order valence-corrected chi connectivity index (χ0v) is 19.3. The lowest BCUT2D eigenvalue weighted by Crippen LogP contribution is -2.31. The molecule has 0 saturated carbocycles. The number of aliphatic hydroxyl groups is 1. The Kier molecular flexibility index (Phi) is 6.91. The molecule has 0 spiro atoms. The summed E-state index contributed by atoms with van der Waals surface area (Å²) in [4.78, 5) is 2.37. The Morgan fingerprint density at radius 2 is 1.38 bits per heavy atom. The van der Waals surface area contributed by atoms with E-state index in [1.54, 1.807) is 0 Å². The zero-order valence-electron chi connectivity index (χ0n) is 19.3. The first-order valence-electron chi connectivity index (χ1n) is 12.0. The fraction of sp³-hybridized carbons (Fsp3) is 0.267. The number of furan rings is 1. The van der Waals surface area contributed by atoms with Crippen molar-refractivity contribution in [3.63, 3.8) is 0 Å². The molecule has 1 fully saturated rings. The molecule has 4 heteroatoms. The van der Waals surface area contributed by atoms with Gasteiger partial charge in [-0.2, -0.15) is 0 Å². The molecule has 1 N–H and O–H groups in total. The SMILES string of the molecule is OC(c1ccccc1)(c1ccccc1)c1ccc(CN(Cc2ccccc2)CC2CCCO2)o1. The molecule has 1 aliphatic rings. The summed E-state index contributed by atoms with van der Waals surface area (Å²) in [5.74, 6) is 1.35. The third kappa shape index (κ3) is 5.00. The molecule has 174 valence electrons. The molecule has 1 aromatic heterocycles. The van der Waals surface area contributed by atoms with Crippen molar-refractivity contribution in [1.29, 1.82) is 0 Å². The summed E-state index contributed by atoms with van der Waals surface area (Å²) in [6.45, 7) is 3.16. The van der Waals surface area contributed by atoms with E-state index in [-0.39, 0.29) is 6.10 Å². The maximum atomic E-state index is 12.0. The molecule has 4 aromatic rings. The molecule has 0 bridgehead atoms. The summed E-state index contributed by atoms with van der Waals surface area (Å²) in [5, 5.41) is 12.0.